The summed E-state index contributed by atoms with van der Waals surface area (Å²) in [6.45, 7) is 2.00. The molecule has 0 bridgehead atoms. The second-order valence-corrected chi connectivity index (χ2v) is 6.09. The standard InChI is InChI=1S/C20H15N5O3/c1-13-7-9-16-17(11-13)22-20(23-19(16)14-5-3-2-4-6-14)24-21-12-15-8-10-18(28-15)25(26)27/h2-12H,1H3,(H,22,23,24). The molecule has 0 aliphatic heterocycles. The fourth-order valence-corrected chi connectivity index (χ4v) is 2.77. The van der Waals surface area contributed by atoms with Gasteiger partial charge in [-0.15, -0.1) is 0 Å². The van der Waals surface area contributed by atoms with Crippen molar-refractivity contribution in [1.29, 1.82) is 0 Å². The molecule has 0 amide bonds. The van der Waals surface area contributed by atoms with Crippen molar-refractivity contribution in [3.8, 4) is 11.3 Å². The third kappa shape index (κ3) is 3.56. The summed E-state index contributed by atoms with van der Waals surface area (Å²) < 4.78 is 5.03. The number of nitrogens with zero attached hydrogens (tertiary/aromatic N) is 4. The smallest absolute Gasteiger partial charge is 0.400 e. The van der Waals surface area contributed by atoms with Crippen molar-refractivity contribution in [3.63, 3.8) is 0 Å². The van der Waals surface area contributed by atoms with Crippen molar-refractivity contribution in [2.24, 2.45) is 5.10 Å². The average Bonchev–Trinajstić information content (AvgIpc) is 3.17. The molecule has 138 valence electrons. The van der Waals surface area contributed by atoms with E-state index >= 15 is 0 Å². The van der Waals surface area contributed by atoms with Gasteiger partial charge in [0, 0.05) is 10.9 Å². The van der Waals surface area contributed by atoms with E-state index in [4.69, 9.17) is 4.42 Å². The van der Waals surface area contributed by atoms with Gasteiger partial charge in [-0.1, -0.05) is 42.5 Å². The van der Waals surface area contributed by atoms with Crippen LogP contribution in [0.4, 0.5) is 11.8 Å². The molecule has 4 aromatic rings. The highest BCUT2D eigenvalue weighted by Gasteiger charge is 2.11. The van der Waals surface area contributed by atoms with Crippen LogP contribution < -0.4 is 5.43 Å². The van der Waals surface area contributed by atoms with E-state index in [0.717, 1.165) is 27.7 Å². The number of furan rings is 1. The number of hydrazone groups is 1. The minimum absolute atomic E-state index is 0.249. The van der Waals surface area contributed by atoms with Crippen LogP contribution in [0.3, 0.4) is 0 Å². The molecule has 2 heterocycles. The van der Waals surface area contributed by atoms with E-state index in [1.165, 1.54) is 18.3 Å². The van der Waals surface area contributed by atoms with Crippen molar-refractivity contribution < 1.29 is 9.34 Å². The van der Waals surface area contributed by atoms with Crippen molar-refractivity contribution in [1.82, 2.24) is 9.97 Å². The van der Waals surface area contributed by atoms with Gasteiger partial charge in [0.15, 0.2) is 5.76 Å². The van der Waals surface area contributed by atoms with Crippen LogP contribution in [0.25, 0.3) is 22.2 Å². The summed E-state index contributed by atoms with van der Waals surface area (Å²) in [5.41, 5.74) is 6.40. The Morgan fingerprint density at radius 3 is 2.68 bits per heavy atom. The normalized spacial score (nSPS) is 11.2. The Morgan fingerprint density at radius 2 is 1.93 bits per heavy atom. The molecular weight excluding hydrogens is 358 g/mol. The number of benzene rings is 2. The monoisotopic (exact) mass is 373 g/mol. The molecule has 0 saturated heterocycles. The molecule has 1 N–H and O–H groups in total. The van der Waals surface area contributed by atoms with Crippen LogP contribution in [-0.4, -0.2) is 21.1 Å². The van der Waals surface area contributed by atoms with Crippen LogP contribution in [0.2, 0.25) is 0 Å². The lowest BCUT2D eigenvalue weighted by atomic mass is 10.1. The van der Waals surface area contributed by atoms with Crippen molar-refractivity contribution in [2.45, 2.75) is 6.92 Å². The molecule has 2 aromatic heterocycles. The lowest BCUT2D eigenvalue weighted by Crippen LogP contribution is -2.00. The number of aryl methyl sites for hydroxylation is 1. The van der Waals surface area contributed by atoms with E-state index in [-0.39, 0.29) is 11.6 Å². The van der Waals surface area contributed by atoms with E-state index in [0.29, 0.717) is 5.95 Å². The maximum absolute atomic E-state index is 10.7. The second-order valence-electron chi connectivity index (χ2n) is 6.09. The van der Waals surface area contributed by atoms with Crippen molar-refractivity contribution >= 4 is 29.0 Å². The first-order chi connectivity index (χ1) is 13.6. The van der Waals surface area contributed by atoms with E-state index in [1.54, 1.807) is 0 Å². The molecule has 0 saturated carbocycles. The first-order valence-electron chi connectivity index (χ1n) is 8.47. The quantitative estimate of drug-likeness (QED) is 0.312. The summed E-state index contributed by atoms with van der Waals surface area (Å²) >= 11 is 0. The van der Waals surface area contributed by atoms with Crippen LogP contribution in [0.15, 0.2) is 70.2 Å². The lowest BCUT2D eigenvalue weighted by Gasteiger charge is -2.09. The summed E-state index contributed by atoms with van der Waals surface area (Å²) in [5, 5.41) is 15.6. The Morgan fingerprint density at radius 1 is 1.11 bits per heavy atom. The average molecular weight is 373 g/mol. The molecule has 0 atom stereocenters. The van der Waals surface area contributed by atoms with E-state index in [1.807, 2.05) is 55.5 Å². The molecule has 0 aliphatic rings. The number of aromatic nitrogens is 2. The number of nitro groups is 1. The molecule has 0 fully saturated rings. The zero-order valence-corrected chi connectivity index (χ0v) is 14.9. The van der Waals surface area contributed by atoms with E-state index < -0.39 is 4.92 Å². The van der Waals surface area contributed by atoms with Crippen LogP contribution in [0.1, 0.15) is 11.3 Å². The summed E-state index contributed by atoms with van der Waals surface area (Å²) in [5.74, 6) is 0.221. The Kier molecular flexibility index (Phi) is 4.51. The molecule has 0 radical (unpaired) electrons. The van der Waals surface area contributed by atoms with Crippen LogP contribution >= 0.6 is 0 Å². The van der Waals surface area contributed by atoms with Gasteiger partial charge in [-0.25, -0.2) is 15.4 Å². The molecule has 0 unspecified atom stereocenters. The summed E-state index contributed by atoms with van der Waals surface area (Å²) in [7, 11) is 0. The van der Waals surface area contributed by atoms with Gasteiger partial charge in [-0.05, 0) is 24.6 Å². The number of hydrogen-bond donors (Lipinski definition) is 1. The molecule has 8 nitrogen and oxygen atoms in total. The van der Waals surface area contributed by atoms with Crippen molar-refractivity contribution in [3.05, 3.63) is 82.1 Å². The van der Waals surface area contributed by atoms with Crippen molar-refractivity contribution in [2.75, 3.05) is 5.43 Å². The first-order valence-corrected chi connectivity index (χ1v) is 8.47. The Balaban J connectivity index is 1.68. The number of hydrogen-bond acceptors (Lipinski definition) is 7. The van der Waals surface area contributed by atoms with Crippen LogP contribution in [0, 0.1) is 17.0 Å². The zero-order valence-electron chi connectivity index (χ0n) is 14.9. The highest BCUT2D eigenvalue weighted by molar-refractivity contribution is 5.93. The van der Waals surface area contributed by atoms with Gasteiger partial charge < -0.3 is 4.42 Å². The number of nitrogens with one attached hydrogen (secondary N) is 1. The Labute approximate surface area is 159 Å². The maximum atomic E-state index is 10.7. The van der Waals surface area contributed by atoms with Gasteiger partial charge in [0.1, 0.15) is 4.92 Å². The Bertz CT molecular complexity index is 1190. The van der Waals surface area contributed by atoms with Gasteiger partial charge in [0.2, 0.25) is 5.95 Å². The minimum Gasteiger partial charge on any atom is -0.400 e. The molecule has 2 aromatic carbocycles. The van der Waals surface area contributed by atoms with Crippen LogP contribution in [-0.2, 0) is 0 Å². The molecule has 0 aliphatic carbocycles. The molecule has 4 rings (SSSR count). The van der Waals surface area contributed by atoms with Gasteiger partial charge in [-0.3, -0.25) is 10.1 Å². The number of anilines is 1. The highest BCUT2D eigenvalue weighted by Crippen LogP contribution is 2.27. The maximum Gasteiger partial charge on any atom is 0.433 e. The molecular formula is C20H15N5O3. The number of fused-ring (bicyclic) bond motifs is 1. The third-order valence-electron chi connectivity index (χ3n) is 4.05. The second kappa shape index (κ2) is 7.28. The summed E-state index contributed by atoms with van der Waals surface area (Å²) in [6, 6.07) is 18.5. The molecule has 8 heteroatoms. The first kappa shape index (κ1) is 17.3. The topological polar surface area (TPSA) is 106 Å². The predicted octanol–water partition coefficient (Wildman–Crippen LogP) is 4.55. The summed E-state index contributed by atoms with van der Waals surface area (Å²) in [6.07, 6.45) is 1.33. The summed E-state index contributed by atoms with van der Waals surface area (Å²) in [4.78, 5) is 19.2. The predicted molar refractivity (Wildman–Crippen MR) is 106 cm³/mol. The fraction of sp³-hybridized carbons (Fsp3) is 0.0500. The largest absolute Gasteiger partial charge is 0.433 e. The van der Waals surface area contributed by atoms with E-state index in [2.05, 4.69) is 20.5 Å². The molecule has 28 heavy (non-hydrogen) atoms. The van der Waals surface area contributed by atoms with E-state index in [9.17, 15) is 10.1 Å². The van der Waals surface area contributed by atoms with Gasteiger partial charge >= 0.3 is 5.88 Å². The fourth-order valence-electron chi connectivity index (χ4n) is 2.77. The van der Waals surface area contributed by atoms with Gasteiger partial charge in [0.25, 0.3) is 0 Å². The van der Waals surface area contributed by atoms with Crippen LogP contribution in [0.5, 0.6) is 0 Å². The minimum atomic E-state index is -0.605. The highest BCUT2D eigenvalue weighted by atomic mass is 16.6. The zero-order chi connectivity index (χ0) is 19.5. The lowest BCUT2D eigenvalue weighted by molar-refractivity contribution is -0.402. The SMILES string of the molecule is Cc1ccc2c(-c3ccccc3)nc(NN=Cc3ccc([N+](=O)[O-])o3)nc2c1. The van der Waals surface area contributed by atoms with Gasteiger partial charge in [-0.2, -0.15) is 5.10 Å². The Hall–Kier alpha value is -4.07. The molecule has 0 spiro atoms. The third-order valence-corrected chi connectivity index (χ3v) is 4.05. The van der Waals surface area contributed by atoms with Gasteiger partial charge in [0.05, 0.1) is 23.5 Å². The number of rotatable bonds is 5.